The summed E-state index contributed by atoms with van der Waals surface area (Å²) < 4.78 is 1.05. The van der Waals surface area contributed by atoms with Crippen LogP contribution in [0.15, 0.2) is 34.1 Å². The van der Waals surface area contributed by atoms with Crippen molar-refractivity contribution in [3.05, 3.63) is 55.1 Å². The van der Waals surface area contributed by atoms with Gasteiger partial charge in [0.25, 0.3) is 0 Å². The second kappa shape index (κ2) is 4.88. The lowest BCUT2D eigenvalue weighted by atomic mass is 10.1. The largest absolute Gasteiger partial charge is 0.320 e. The van der Waals surface area contributed by atoms with Gasteiger partial charge >= 0.3 is 0 Å². The van der Waals surface area contributed by atoms with Gasteiger partial charge in [0.2, 0.25) is 0 Å². The zero-order valence-corrected chi connectivity index (χ0v) is 11.9. The molecule has 4 heteroatoms. The highest BCUT2D eigenvalue weighted by Crippen LogP contribution is 2.34. The predicted molar refractivity (Wildman–Crippen MR) is 74.2 cm³/mol. The number of thiophene rings is 1. The van der Waals surface area contributed by atoms with E-state index in [9.17, 15) is 0 Å². The molecule has 0 radical (unpaired) electrons. The molecule has 0 aliphatic heterocycles. The van der Waals surface area contributed by atoms with E-state index in [0.29, 0.717) is 0 Å². The lowest BCUT2D eigenvalue weighted by Crippen LogP contribution is -2.10. The smallest absolute Gasteiger partial charge is 0.0661 e. The highest BCUT2D eigenvalue weighted by atomic mass is 79.9. The first kappa shape index (κ1) is 12.1. The SMILES string of the molecule is Cc1csc(C(N)c2ccc(Br)cc2)c1Cl. The summed E-state index contributed by atoms with van der Waals surface area (Å²) in [6.07, 6.45) is 0. The van der Waals surface area contributed by atoms with Crippen molar-refractivity contribution in [3.8, 4) is 0 Å². The summed E-state index contributed by atoms with van der Waals surface area (Å²) in [5.74, 6) is 0. The fourth-order valence-corrected chi connectivity index (χ4v) is 3.08. The topological polar surface area (TPSA) is 26.0 Å². The van der Waals surface area contributed by atoms with Crippen molar-refractivity contribution >= 4 is 38.9 Å². The number of nitrogens with two attached hydrogens (primary N) is 1. The molecule has 0 fully saturated rings. The van der Waals surface area contributed by atoms with Gasteiger partial charge in [0, 0.05) is 9.35 Å². The lowest BCUT2D eigenvalue weighted by molar-refractivity contribution is 0.892. The molecule has 0 aliphatic carbocycles. The summed E-state index contributed by atoms with van der Waals surface area (Å²) in [5, 5.41) is 2.83. The number of benzene rings is 1. The summed E-state index contributed by atoms with van der Waals surface area (Å²) >= 11 is 11.2. The lowest BCUT2D eigenvalue weighted by Gasteiger charge is -2.11. The molecule has 16 heavy (non-hydrogen) atoms. The van der Waals surface area contributed by atoms with Crippen molar-refractivity contribution in [1.29, 1.82) is 0 Å². The quantitative estimate of drug-likeness (QED) is 0.866. The first-order chi connectivity index (χ1) is 7.59. The van der Waals surface area contributed by atoms with Crippen LogP contribution in [0.3, 0.4) is 0 Å². The van der Waals surface area contributed by atoms with Crippen molar-refractivity contribution in [3.63, 3.8) is 0 Å². The van der Waals surface area contributed by atoms with Gasteiger partial charge in [-0.05, 0) is 35.6 Å². The Labute approximate surface area is 112 Å². The predicted octanol–water partition coefficient (Wildman–Crippen LogP) is 4.52. The molecule has 0 aliphatic rings. The Balaban J connectivity index is 2.35. The molecule has 1 atom stereocenters. The average molecular weight is 317 g/mol. The highest BCUT2D eigenvalue weighted by Gasteiger charge is 2.15. The van der Waals surface area contributed by atoms with Crippen LogP contribution in [-0.4, -0.2) is 0 Å². The minimum atomic E-state index is -0.140. The molecule has 2 rings (SSSR count). The standard InChI is InChI=1S/C12H11BrClNS/c1-7-6-16-12(10(7)14)11(15)8-2-4-9(13)5-3-8/h2-6,11H,15H2,1H3. The second-order valence-corrected chi connectivity index (χ2v) is 5.83. The Bertz CT molecular complexity index is 492. The third kappa shape index (κ3) is 2.33. The maximum absolute atomic E-state index is 6.21. The van der Waals surface area contributed by atoms with Gasteiger partial charge in [-0.3, -0.25) is 0 Å². The van der Waals surface area contributed by atoms with E-state index in [2.05, 4.69) is 15.9 Å². The molecule has 0 saturated heterocycles. The summed E-state index contributed by atoms with van der Waals surface area (Å²) in [5.41, 5.74) is 8.36. The minimum absolute atomic E-state index is 0.140. The Kier molecular flexibility index (Phi) is 3.70. The van der Waals surface area contributed by atoms with Gasteiger partial charge < -0.3 is 5.73 Å². The average Bonchev–Trinajstić information content (AvgIpc) is 2.60. The number of hydrogen-bond donors (Lipinski definition) is 1. The van der Waals surface area contributed by atoms with Crippen molar-refractivity contribution in [2.45, 2.75) is 13.0 Å². The Morgan fingerprint density at radius 3 is 2.44 bits per heavy atom. The van der Waals surface area contributed by atoms with Crippen LogP contribution in [0.4, 0.5) is 0 Å². The number of rotatable bonds is 2. The Morgan fingerprint density at radius 1 is 1.31 bits per heavy atom. The first-order valence-electron chi connectivity index (χ1n) is 4.84. The fraction of sp³-hybridized carbons (Fsp3) is 0.167. The molecule has 0 spiro atoms. The summed E-state index contributed by atoms with van der Waals surface area (Å²) in [6.45, 7) is 2.00. The molecule has 84 valence electrons. The van der Waals surface area contributed by atoms with Crippen LogP contribution in [0.1, 0.15) is 22.0 Å². The second-order valence-electron chi connectivity index (χ2n) is 3.63. The van der Waals surface area contributed by atoms with Gasteiger partial charge in [0.05, 0.1) is 11.1 Å². The molecule has 0 amide bonds. The van der Waals surface area contributed by atoms with Crippen molar-refractivity contribution in [2.75, 3.05) is 0 Å². The normalized spacial score (nSPS) is 12.8. The van der Waals surface area contributed by atoms with Crippen LogP contribution in [-0.2, 0) is 0 Å². The third-order valence-electron chi connectivity index (χ3n) is 2.44. The molecule has 1 unspecified atom stereocenters. The van der Waals surface area contributed by atoms with Crippen LogP contribution in [0.25, 0.3) is 0 Å². The van der Waals surface area contributed by atoms with Crippen molar-refractivity contribution in [2.24, 2.45) is 5.73 Å². The zero-order valence-electron chi connectivity index (χ0n) is 8.71. The molecule has 1 heterocycles. The highest BCUT2D eigenvalue weighted by molar-refractivity contribution is 9.10. The van der Waals surface area contributed by atoms with Crippen molar-refractivity contribution in [1.82, 2.24) is 0 Å². The van der Waals surface area contributed by atoms with Gasteiger partial charge in [-0.25, -0.2) is 0 Å². The number of aryl methyl sites for hydroxylation is 1. The van der Waals surface area contributed by atoms with E-state index >= 15 is 0 Å². The van der Waals surface area contributed by atoms with Crippen LogP contribution >= 0.6 is 38.9 Å². The van der Waals surface area contributed by atoms with E-state index in [0.717, 1.165) is 25.5 Å². The van der Waals surface area contributed by atoms with Crippen LogP contribution < -0.4 is 5.73 Å². The maximum atomic E-state index is 6.21. The van der Waals surface area contributed by atoms with Gasteiger partial charge in [-0.1, -0.05) is 39.7 Å². The molecule has 1 aromatic heterocycles. The van der Waals surface area contributed by atoms with E-state index in [1.54, 1.807) is 11.3 Å². The maximum Gasteiger partial charge on any atom is 0.0661 e. The molecule has 2 N–H and O–H groups in total. The van der Waals surface area contributed by atoms with Gasteiger partial charge in [0.1, 0.15) is 0 Å². The molecule has 1 nitrogen and oxygen atoms in total. The van der Waals surface area contributed by atoms with Gasteiger partial charge in [-0.2, -0.15) is 0 Å². The Morgan fingerprint density at radius 2 is 1.94 bits per heavy atom. The van der Waals surface area contributed by atoms with Crippen LogP contribution in [0.5, 0.6) is 0 Å². The summed E-state index contributed by atoms with van der Waals surface area (Å²) in [4.78, 5) is 1.03. The molecule has 2 aromatic rings. The van der Waals surface area contributed by atoms with Crippen molar-refractivity contribution < 1.29 is 0 Å². The number of halogens is 2. The molecule has 1 aromatic carbocycles. The van der Waals surface area contributed by atoms with E-state index < -0.39 is 0 Å². The first-order valence-corrected chi connectivity index (χ1v) is 6.89. The van der Waals surface area contributed by atoms with E-state index in [-0.39, 0.29) is 6.04 Å². The van der Waals surface area contributed by atoms with E-state index in [1.807, 2.05) is 36.6 Å². The molecule has 0 bridgehead atoms. The fourth-order valence-electron chi connectivity index (χ4n) is 1.48. The zero-order chi connectivity index (χ0) is 11.7. The molecular weight excluding hydrogens is 306 g/mol. The third-order valence-corrected chi connectivity index (χ3v) is 4.76. The van der Waals surface area contributed by atoms with Crippen LogP contribution in [0.2, 0.25) is 5.02 Å². The van der Waals surface area contributed by atoms with Gasteiger partial charge in [0.15, 0.2) is 0 Å². The molecular formula is C12H11BrClNS. The van der Waals surface area contributed by atoms with E-state index in [1.165, 1.54) is 0 Å². The summed E-state index contributed by atoms with van der Waals surface area (Å²) in [6, 6.07) is 7.87. The monoisotopic (exact) mass is 315 g/mol. The van der Waals surface area contributed by atoms with E-state index in [4.69, 9.17) is 17.3 Å². The van der Waals surface area contributed by atoms with Crippen LogP contribution in [0, 0.1) is 6.92 Å². The minimum Gasteiger partial charge on any atom is -0.320 e. The van der Waals surface area contributed by atoms with Gasteiger partial charge in [-0.15, -0.1) is 11.3 Å². The number of hydrogen-bond acceptors (Lipinski definition) is 2. The molecule has 0 saturated carbocycles. The summed E-state index contributed by atoms with van der Waals surface area (Å²) in [7, 11) is 0. The Hall–Kier alpha value is -0.350.